The number of sulfone groups is 2. The second-order valence-electron chi connectivity index (χ2n) is 7.56. The Hall–Kier alpha value is -2.62. The average Bonchev–Trinajstić information content (AvgIpc) is 3.18. The molecule has 0 amide bonds. The first-order chi connectivity index (χ1) is 14.7. The van der Waals surface area contributed by atoms with Gasteiger partial charge in [0.25, 0.3) is 0 Å². The van der Waals surface area contributed by atoms with E-state index in [9.17, 15) is 16.8 Å². The first kappa shape index (κ1) is 21.6. The molecule has 1 aliphatic rings. The van der Waals surface area contributed by atoms with Crippen molar-refractivity contribution in [2.75, 3.05) is 37.3 Å². The number of benzene rings is 2. The summed E-state index contributed by atoms with van der Waals surface area (Å²) < 4.78 is 53.3. The number of hydrogen-bond donors (Lipinski definition) is 1. The van der Waals surface area contributed by atoms with Gasteiger partial charge in [-0.1, -0.05) is 30.9 Å². The van der Waals surface area contributed by atoms with Gasteiger partial charge in [-0.25, -0.2) is 16.8 Å². The van der Waals surface area contributed by atoms with E-state index in [-0.39, 0.29) is 9.79 Å². The molecule has 3 aromatic rings. The highest BCUT2D eigenvalue weighted by Gasteiger charge is 2.32. The summed E-state index contributed by atoms with van der Waals surface area (Å²) in [5.74, 6) is 0. The average molecular weight is 460 g/mol. The summed E-state index contributed by atoms with van der Waals surface area (Å²) >= 11 is 0. The molecule has 1 unspecified atom stereocenters. The van der Waals surface area contributed by atoms with Crippen molar-refractivity contribution >= 4 is 36.3 Å². The van der Waals surface area contributed by atoms with E-state index in [0.29, 0.717) is 0 Å². The normalized spacial score (nSPS) is 16.4. The zero-order chi connectivity index (χ0) is 22.2. The zero-order valence-electron chi connectivity index (χ0n) is 17.2. The van der Waals surface area contributed by atoms with Crippen molar-refractivity contribution in [3.05, 3.63) is 67.4 Å². The first-order valence-corrected chi connectivity index (χ1v) is 13.4. The molecule has 2 heterocycles. The van der Waals surface area contributed by atoms with Crippen LogP contribution in [-0.4, -0.2) is 53.8 Å². The third-order valence-electron chi connectivity index (χ3n) is 5.55. The molecule has 0 saturated carbocycles. The van der Waals surface area contributed by atoms with Gasteiger partial charge in [0.1, 0.15) is 0 Å². The summed E-state index contributed by atoms with van der Waals surface area (Å²) in [7, 11) is -7.80. The molecule has 0 bridgehead atoms. The van der Waals surface area contributed by atoms with Gasteiger partial charge in [0.05, 0.1) is 15.3 Å². The summed E-state index contributed by atoms with van der Waals surface area (Å²) in [6.07, 6.45) is 4.07. The number of nitrogens with one attached hydrogen (secondary N) is 1. The summed E-state index contributed by atoms with van der Waals surface area (Å²) in [6.45, 7) is 7.28. The smallest absolute Gasteiger partial charge is 0.204 e. The lowest BCUT2D eigenvalue weighted by Gasteiger charge is -2.30. The van der Waals surface area contributed by atoms with E-state index in [4.69, 9.17) is 0 Å². The Morgan fingerprint density at radius 3 is 2.29 bits per heavy atom. The third kappa shape index (κ3) is 3.88. The van der Waals surface area contributed by atoms with Crippen LogP contribution in [0.3, 0.4) is 0 Å². The van der Waals surface area contributed by atoms with Crippen LogP contribution in [0.2, 0.25) is 0 Å². The van der Waals surface area contributed by atoms with Crippen molar-refractivity contribution in [3.8, 4) is 0 Å². The molecule has 1 saturated heterocycles. The van der Waals surface area contributed by atoms with Crippen LogP contribution in [0, 0.1) is 0 Å². The summed E-state index contributed by atoms with van der Waals surface area (Å²) in [5, 5.41) is 3.13. The molecule has 1 N–H and O–H groups in total. The Morgan fingerprint density at radius 1 is 0.968 bits per heavy atom. The highest BCUT2D eigenvalue weighted by Crippen LogP contribution is 2.35. The van der Waals surface area contributed by atoms with Crippen LogP contribution in [0.15, 0.2) is 77.2 Å². The Bertz CT molecular complexity index is 1340. The number of aromatic nitrogens is 1. The number of hydrogen-bond acceptors (Lipinski definition) is 6. The number of rotatable bonds is 6. The second kappa shape index (κ2) is 8.14. The van der Waals surface area contributed by atoms with Crippen LogP contribution < -0.4 is 10.2 Å². The zero-order valence-corrected chi connectivity index (χ0v) is 18.9. The van der Waals surface area contributed by atoms with E-state index >= 15 is 0 Å². The number of fused-ring (bicyclic) bond motifs is 1. The molecular formula is C22H25N3O4S2. The van der Waals surface area contributed by atoms with Crippen molar-refractivity contribution in [2.24, 2.45) is 0 Å². The lowest BCUT2D eigenvalue weighted by molar-refractivity contribution is 0.568. The predicted octanol–water partition coefficient (Wildman–Crippen LogP) is 2.61. The quantitative estimate of drug-likeness (QED) is 0.570. The largest absolute Gasteiger partial charge is 0.368 e. The predicted molar refractivity (Wildman–Crippen MR) is 123 cm³/mol. The minimum absolute atomic E-state index is 0.209. The molecule has 164 valence electrons. The summed E-state index contributed by atoms with van der Waals surface area (Å²) in [5.41, 5.74) is 1.80. The van der Waals surface area contributed by atoms with E-state index in [1.165, 1.54) is 30.3 Å². The molecule has 1 aliphatic heterocycles. The fraction of sp³-hybridized carbons (Fsp3) is 0.273. The molecular weight excluding hydrogens is 434 g/mol. The summed E-state index contributed by atoms with van der Waals surface area (Å²) in [4.78, 5) is 1.85. The molecule has 0 radical (unpaired) electrons. The van der Waals surface area contributed by atoms with Gasteiger partial charge < -0.3 is 14.8 Å². The molecule has 31 heavy (non-hydrogen) atoms. The molecule has 0 spiro atoms. The van der Waals surface area contributed by atoms with Crippen molar-refractivity contribution < 1.29 is 16.8 Å². The highest BCUT2D eigenvalue weighted by molar-refractivity contribution is 7.94. The number of piperazine rings is 1. The third-order valence-corrected chi connectivity index (χ3v) is 8.86. The lowest BCUT2D eigenvalue weighted by atomic mass is 10.2. The first-order valence-electron chi connectivity index (χ1n) is 9.96. The molecule has 4 rings (SSSR count). The van der Waals surface area contributed by atoms with Crippen molar-refractivity contribution in [1.29, 1.82) is 0 Å². The maximum absolute atomic E-state index is 13.6. The maximum Gasteiger partial charge on any atom is 0.204 e. The topological polar surface area (TPSA) is 88.5 Å². The number of nitrogens with zero attached hydrogens (tertiary/aromatic N) is 2. The van der Waals surface area contributed by atoms with Crippen LogP contribution in [0.1, 0.15) is 5.37 Å². The molecule has 7 nitrogen and oxygen atoms in total. The van der Waals surface area contributed by atoms with E-state index in [1.54, 1.807) is 10.8 Å². The Labute approximate surface area is 182 Å². The molecule has 1 aromatic heterocycles. The van der Waals surface area contributed by atoms with Gasteiger partial charge in [-0.3, -0.25) is 0 Å². The maximum atomic E-state index is 13.6. The van der Waals surface area contributed by atoms with Gasteiger partial charge >= 0.3 is 0 Å². The number of anilines is 1. The Balaban J connectivity index is 1.85. The van der Waals surface area contributed by atoms with Gasteiger partial charge in [0.15, 0.2) is 15.2 Å². The van der Waals surface area contributed by atoms with Crippen LogP contribution in [0.5, 0.6) is 0 Å². The van der Waals surface area contributed by atoms with Crippen molar-refractivity contribution in [3.63, 3.8) is 0 Å². The second-order valence-corrected chi connectivity index (χ2v) is 11.6. The monoisotopic (exact) mass is 459 g/mol. The van der Waals surface area contributed by atoms with Crippen LogP contribution in [-0.2, 0) is 19.7 Å². The van der Waals surface area contributed by atoms with Crippen LogP contribution >= 0.6 is 0 Å². The van der Waals surface area contributed by atoms with Gasteiger partial charge in [-0.2, -0.15) is 0 Å². The van der Waals surface area contributed by atoms with Gasteiger partial charge in [0, 0.05) is 49.7 Å². The molecule has 9 heteroatoms. The van der Waals surface area contributed by atoms with Crippen molar-refractivity contribution in [1.82, 2.24) is 9.88 Å². The minimum atomic E-state index is -4.07. The Kier molecular flexibility index (Phi) is 5.67. The van der Waals surface area contributed by atoms with E-state index in [2.05, 4.69) is 16.8 Å². The lowest BCUT2D eigenvalue weighted by Crippen LogP contribution is -2.43. The van der Waals surface area contributed by atoms with Crippen LogP contribution in [0.4, 0.5) is 5.69 Å². The fourth-order valence-electron chi connectivity index (χ4n) is 4.09. The van der Waals surface area contributed by atoms with Gasteiger partial charge in [-0.15, -0.1) is 0 Å². The van der Waals surface area contributed by atoms with Gasteiger partial charge in [0.2, 0.25) is 9.84 Å². The van der Waals surface area contributed by atoms with Crippen LogP contribution in [0.25, 0.3) is 10.9 Å². The van der Waals surface area contributed by atoms with E-state index in [1.807, 2.05) is 24.3 Å². The highest BCUT2D eigenvalue weighted by atomic mass is 32.2. The molecule has 1 fully saturated rings. The van der Waals surface area contributed by atoms with E-state index < -0.39 is 25.0 Å². The SMILES string of the molecule is C=CC(n1ccc2c(N3CCNCC3)cccc21)S(=O)(=O)c1ccccc1S(C)(=O)=O. The Morgan fingerprint density at radius 2 is 1.65 bits per heavy atom. The van der Waals surface area contributed by atoms with Gasteiger partial charge in [-0.05, 0) is 30.3 Å². The standard InChI is InChI=1S/C22H25N3O4S2/c1-3-22(31(28,29)21-10-5-4-9-20(21)30(2,26)27)25-14-11-17-18(7-6-8-19(17)25)24-15-12-23-13-16-24/h3-11,14,22-23H,1,12-13,15-16H2,2H3. The minimum Gasteiger partial charge on any atom is -0.368 e. The van der Waals surface area contributed by atoms with Crippen molar-refractivity contribution in [2.45, 2.75) is 15.2 Å². The fourth-order valence-corrected chi connectivity index (χ4v) is 7.26. The van der Waals surface area contributed by atoms with E-state index in [0.717, 1.165) is 49.0 Å². The molecule has 2 aromatic carbocycles. The molecule has 0 aliphatic carbocycles. The summed E-state index contributed by atoms with van der Waals surface area (Å²) in [6, 6.07) is 13.4. The molecule has 1 atom stereocenters.